The highest BCUT2D eigenvalue weighted by Crippen LogP contribution is 2.26. The van der Waals surface area contributed by atoms with Crippen molar-refractivity contribution < 1.29 is 4.42 Å². The number of aryl methyl sites for hydroxylation is 1. The van der Waals surface area contributed by atoms with Crippen molar-refractivity contribution in [2.45, 2.75) is 19.9 Å². The molecule has 0 saturated carbocycles. The maximum absolute atomic E-state index is 6.04. The highest BCUT2D eigenvalue weighted by Gasteiger charge is 2.03. The number of hydrogen-bond acceptors (Lipinski definition) is 2. The second kappa shape index (κ2) is 5.48. The van der Waals surface area contributed by atoms with Crippen molar-refractivity contribution in [3.05, 3.63) is 51.9 Å². The second-order valence-corrected chi connectivity index (χ2v) is 4.54. The molecule has 0 atom stereocenters. The molecule has 17 heavy (non-hydrogen) atoms. The number of hydrogen-bond donors (Lipinski definition) is 1. The van der Waals surface area contributed by atoms with Crippen molar-refractivity contribution in [3.63, 3.8) is 0 Å². The molecule has 1 aromatic heterocycles. The number of furan rings is 1. The summed E-state index contributed by atoms with van der Waals surface area (Å²) in [6.07, 6.45) is 0.901. The second-order valence-electron chi connectivity index (χ2n) is 3.70. The van der Waals surface area contributed by atoms with Crippen LogP contribution in [0.25, 0.3) is 0 Å². The van der Waals surface area contributed by atoms with Crippen LogP contribution in [0.15, 0.2) is 34.7 Å². The van der Waals surface area contributed by atoms with Gasteiger partial charge in [0.1, 0.15) is 11.5 Å². The first-order chi connectivity index (χ1) is 8.19. The van der Waals surface area contributed by atoms with E-state index in [0.29, 0.717) is 16.6 Å². The number of anilines is 1. The van der Waals surface area contributed by atoms with E-state index in [0.717, 1.165) is 23.6 Å². The Kier molecular flexibility index (Phi) is 3.97. The molecule has 2 rings (SSSR count). The monoisotopic (exact) mass is 269 g/mol. The zero-order valence-electron chi connectivity index (χ0n) is 9.47. The summed E-state index contributed by atoms with van der Waals surface area (Å²) in [5.41, 5.74) is 0.814. The molecule has 1 aromatic carbocycles. The standard InChI is InChI=1S/C13H13Cl2NO/c1-2-10-4-5-11(17-10)8-16-13-7-9(14)3-6-12(13)15/h3-7,16H,2,8H2,1H3. The summed E-state index contributed by atoms with van der Waals surface area (Å²) in [4.78, 5) is 0. The molecule has 0 aliphatic rings. The van der Waals surface area contributed by atoms with Crippen LogP contribution in [0.2, 0.25) is 10.0 Å². The van der Waals surface area contributed by atoms with Gasteiger partial charge >= 0.3 is 0 Å². The van der Waals surface area contributed by atoms with E-state index in [1.165, 1.54) is 0 Å². The largest absolute Gasteiger partial charge is 0.464 e. The van der Waals surface area contributed by atoms with Crippen molar-refractivity contribution >= 4 is 28.9 Å². The predicted octanol–water partition coefficient (Wildman–Crippen LogP) is 4.76. The van der Waals surface area contributed by atoms with Crippen LogP contribution in [0.4, 0.5) is 5.69 Å². The Balaban J connectivity index is 2.04. The molecule has 0 saturated heterocycles. The molecule has 2 aromatic rings. The van der Waals surface area contributed by atoms with Crippen molar-refractivity contribution in [1.29, 1.82) is 0 Å². The predicted molar refractivity (Wildman–Crippen MR) is 71.9 cm³/mol. The van der Waals surface area contributed by atoms with Gasteiger partial charge in [-0.1, -0.05) is 30.1 Å². The molecule has 0 amide bonds. The minimum absolute atomic E-state index is 0.597. The van der Waals surface area contributed by atoms with Gasteiger partial charge in [-0.25, -0.2) is 0 Å². The van der Waals surface area contributed by atoms with Gasteiger partial charge in [0, 0.05) is 11.4 Å². The van der Waals surface area contributed by atoms with Gasteiger partial charge < -0.3 is 9.73 Å². The number of rotatable bonds is 4. The van der Waals surface area contributed by atoms with Crippen LogP contribution in [0, 0.1) is 0 Å². The van der Waals surface area contributed by atoms with Gasteiger partial charge in [0.05, 0.1) is 17.3 Å². The van der Waals surface area contributed by atoms with Crippen LogP contribution in [0.3, 0.4) is 0 Å². The molecule has 0 unspecified atom stereocenters. The average Bonchev–Trinajstić information content (AvgIpc) is 2.78. The van der Waals surface area contributed by atoms with E-state index in [1.54, 1.807) is 18.2 Å². The average molecular weight is 270 g/mol. The first-order valence-corrected chi connectivity index (χ1v) is 6.21. The molecule has 1 heterocycles. The Morgan fingerprint density at radius 2 is 1.88 bits per heavy atom. The van der Waals surface area contributed by atoms with Gasteiger partial charge in [0.2, 0.25) is 0 Å². The number of nitrogens with one attached hydrogen (secondary N) is 1. The van der Waals surface area contributed by atoms with Gasteiger partial charge in [-0.2, -0.15) is 0 Å². The Labute approximate surface area is 111 Å². The summed E-state index contributed by atoms with van der Waals surface area (Å²) in [5, 5.41) is 4.50. The van der Waals surface area contributed by atoms with Crippen LogP contribution in [0.1, 0.15) is 18.4 Å². The Morgan fingerprint density at radius 1 is 1.12 bits per heavy atom. The summed E-state index contributed by atoms with van der Waals surface area (Å²) < 4.78 is 5.59. The molecule has 0 spiro atoms. The summed E-state index contributed by atoms with van der Waals surface area (Å²) in [7, 11) is 0. The van der Waals surface area contributed by atoms with Gasteiger partial charge in [0.15, 0.2) is 0 Å². The minimum Gasteiger partial charge on any atom is -0.464 e. The topological polar surface area (TPSA) is 25.2 Å². The fraction of sp³-hybridized carbons (Fsp3) is 0.231. The molecular weight excluding hydrogens is 257 g/mol. The minimum atomic E-state index is 0.597. The lowest BCUT2D eigenvalue weighted by atomic mass is 10.3. The Bertz CT molecular complexity index is 508. The van der Waals surface area contributed by atoms with Crippen LogP contribution < -0.4 is 5.32 Å². The first-order valence-electron chi connectivity index (χ1n) is 5.45. The van der Waals surface area contributed by atoms with Crippen molar-refractivity contribution in [2.24, 2.45) is 0 Å². The van der Waals surface area contributed by atoms with E-state index in [9.17, 15) is 0 Å². The lowest BCUT2D eigenvalue weighted by molar-refractivity contribution is 0.476. The molecule has 2 nitrogen and oxygen atoms in total. The number of halogens is 2. The molecule has 4 heteroatoms. The molecule has 1 N–H and O–H groups in total. The lowest BCUT2D eigenvalue weighted by Crippen LogP contribution is -1.98. The van der Waals surface area contributed by atoms with Crippen LogP contribution in [0.5, 0.6) is 0 Å². The molecule has 0 radical (unpaired) electrons. The van der Waals surface area contributed by atoms with Gasteiger partial charge in [-0.15, -0.1) is 0 Å². The van der Waals surface area contributed by atoms with Crippen LogP contribution >= 0.6 is 23.2 Å². The van der Waals surface area contributed by atoms with Gasteiger partial charge in [-0.3, -0.25) is 0 Å². The van der Waals surface area contributed by atoms with E-state index >= 15 is 0 Å². The summed E-state index contributed by atoms with van der Waals surface area (Å²) >= 11 is 11.9. The smallest absolute Gasteiger partial charge is 0.123 e. The fourth-order valence-corrected chi connectivity index (χ4v) is 1.88. The summed E-state index contributed by atoms with van der Waals surface area (Å²) in [6, 6.07) is 9.28. The maximum atomic E-state index is 6.04. The molecular formula is C13H13Cl2NO. The fourth-order valence-electron chi connectivity index (χ4n) is 1.52. The quantitative estimate of drug-likeness (QED) is 0.866. The highest BCUT2D eigenvalue weighted by atomic mass is 35.5. The summed E-state index contributed by atoms with van der Waals surface area (Å²) in [5.74, 6) is 1.87. The zero-order valence-corrected chi connectivity index (χ0v) is 11.0. The summed E-state index contributed by atoms with van der Waals surface area (Å²) in [6.45, 7) is 2.66. The Morgan fingerprint density at radius 3 is 2.59 bits per heavy atom. The van der Waals surface area contributed by atoms with Crippen LogP contribution in [-0.4, -0.2) is 0 Å². The third-order valence-corrected chi connectivity index (χ3v) is 3.01. The van der Waals surface area contributed by atoms with Crippen molar-refractivity contribution in [1.82, 2.24) is 0 Å². The first kappa shape index (κ1) is 12.3. The van der Waals surface area contributed by atoms with E-state index in [2.05, 4.69) is 12.2 Å². The Hall–Kier alpha value is -1.12. The molecule has 0 aliphatic heterocycles. The highest BCUT2D eigenvalue weighted by molar-refractivity contribution is 6.35. The van der Waals surface area contributed by atoms with Gasteiger partial charge in [0.25, 0.3) is 0 Å². The molecule has 0 bridgehead atoms. The third-order valence-electron chi connectivity index (χ3n) is 2.45. The molecule has 0 fully saturated rings. The van der Waals surface area contributed by atoms with Crippen LogP contribution in [-0.2, 0) is 13.0 Å². The maximum Gasteiger partial charge on any atom is 0.123 e. The lowest BCUT2D eigenvalue weighted by Gasteiger charge is -2.07. The van der Waals surface area contributed by atoms with Crippen molar-refractivity contribution in [2.75, 3.05) is 5.32 Å². The normalized spacial score (nSPS) is 10.5. The van der Waals surface area contributed by atoms with Gasteiger partial charge in [-0.05, 0) is 30.3 Å². The third kappa shape index (κ3) is 3.18. The van der Waals surface area contributed by atoms with E-state index < -0.39 is 0 Å². The molecule has 90 valence electrons. The van der Waals surface area contributed by atoms with E-state index in [-0.39, 0.29) is 0 Å². The van der Waals surface area contributed by atoms with E-state index in [4.69, 9.17) is 27.6 Å². The molecule has 0 aliphatic carbocycles. The van der Waals surface area contributed by atoms with E-state index in [1.807, 2.05) is 12.1 Å². The van der Waals surface area contributed by atoms with Crippen molar-refractivity contribution in [3.8, 4) is 0 Å². The zero-order chi connectivity index (χ0) is 12.3. The SMILES string of the molecule is CCc1ccc(CNc2cc(Cl)ccc2Cl)o1. The number of benzene rings is 1.